The normalized spacial score (nSPS) is 12.7. The third-order valence-electron chi connectivity index (χ3n) is 3.21. The van der Waals surface area contributed by atoms with E-state index in [9.17, 15) is 23.1 Å². The highest BCUT2D eigenvalue weighted by Gasteiger charge is 2.35. The SMILES string of the molecule is O=C(CBr)Nc1ccccc1C(O)c1ccccc1C(F)(F)F. The van der Waals surface area contributed by atoms with Crippen LogP contribution in [0.3, 0.4) is 0 Å². The number of rotatable bonds is 4. The first-order valence-corrected chi connectivity index (χ1v) is 7.75. The first-order chi connectivity index (χ1) is 10.8. The maximum absolute atomic E-state index is 13.1. The Balaban J connectivity index is 2.46. The van der Waals surface area contributed by atoms with Gasteiger partial charge in [0.2, 0.25) is 5.91 Å². The molecule has 0 bridgehead atoms. The summed E-state index contributed by atoms with van der Waals surface area (Å²) in [5, 5.41) is 13.0. The van der Waals surface area contributed by atoms with Crippen molar-refractivity contribution in [3.05, 3.63) is 65.2 Å². The van der Waals surface area contributed by atoms with Gasteiger partial charge in [0.1, 0.15) is 6.10 Å². The molecule has 1 amide bonds. The Morgan fingerprint density at radius 2 is 1.65 bits per heavy atom. The summed E-state index contributed by atoms with van der Waals surface area (Å²) in [6.45, 7) is 0. The number of aliphatic hydroxyl groups is 1. The smallest absolute Gasteiger partial charge is 0.384 e. The van der Waals surface area contributed by atoms with Gasteiger partial charge in [0, 0.05) is 11.3 Å². The third-order valence-corrected chi connectivity index (χ3v) is 3.72. The van der Waals surface area contributed by atoms with E-state index in [1.54, 1.807) is 12.1 Å². The van der Waals surface area contributed by atoms with Gasteiger partial charge in [-0.05, 0) is 17.7 Å². The number of halogens is 4. The Hall–Kier alpha value is -1.86. The second kappa shape index (κ2) is 7.14. The van der Waals surface area contributed by atoms with Crippen LogP contribution in [0, 0.1) is 0 Å². The summed E-state index contributed by atoms with van der Waals surface area (Å²) in [4.78, 5) is 11.5. The first-order valence-electron chi connectivity index (χ1n) is 6.63. The topological polar surface area (TPSA) is 49.3 Å². The number of aliphatic hydroxyl groups excluding tert-OH is 1. The van der Waals surface area contributed by atoms with E-state index in [2.05, 4.69) is 21.2 Å². The Morgan fingerprint density at radius 3 is 2.26 bits per heavy atom. The molecule has 2 N–H and O–H groups in total. The molecule has 23 heavy (non-hydrogen) atoms. The lowest BCUT2D eigenvalue weighted by molar-refractivity contribution is -0.139. The van der Waals surface area contributed by atoms with Crippen molar-refractivity contribution in [2.75, 3.05) is 10.6 Å². The summed E-state index contributed by atoms with van der Waals surface area (Å²) in [5.74, 6) is -0.367. The van der Waals surface area contributed by atoms with Crippen LogP contribution in [-0.4, -0.2) is 16.3 Å². The van der Waals surface area contributed by atoms with Gasteiger partial charge in [-0.3, -0.25) is 4.79 Å². The van der Waals surface area contributed by atoms with Crippen LogP contribution < -0.4 is 5.32 Å². The summed E-state index contributed by atoms with van der Waals surface area (Å²) < 4.78 is 39.3. The van der Waals surface area contributed by atoms with Crippen LogP contribution in [0.5, 0.6) is 0 Å². The highest BCUT2D eigenvalue weighted by Crippen LogP contribution is 2.38. The van der Waals surface area contributed by atoms with Gasteiger partial charge in [-0.25, -0.2) is 0 Å². The Kier molecular flexibility index (Phi) is 5.43. The zero-order chi connectivity index (χ0) is 17.0. The number of para-hydroxylation sites is 1. The molecule has 0 aliphatic carbocycles. The van der Waals surface area contributed by atoms with E-state index in [0.29, 0.717) is 0 Å². The molecule has 0 aliphatic heterocycles. The molecule has 0 aliphatic rings. The minimum atomic E-state index is -4.58. The van der Waals surface area contributed by atoms with E-state index in [0.717, 1.165) is 6.07 Å². The van der Waals surface area contributed by atoms with Gasteiger partial charge in [0.15, 0.2) is 0 Å². The Morgan fingerprint density at radius 1 is 1.09 bits per heavy atom. The van der Waals surface area contributed by atoms with E-state index >= 15 is 0 Å². The molecule has 0 saturated carbocycles. The van der Waals surface area contributed by atoms with Crippen molar-refractivity contribution in [3.8, 4) is 0 Å². The largest absolute Gasteiger partial charge is 0.416 e. The summed E-state index contributed by atoms with van der Waals surface area (Å²) >= 11 is 2.99. The molecule has 0 radical (unpaired) electrons. The van der Waals surface area contributed by atoms with E-state index in [-0.39, 0.29) is 28.1 Å². The van der Waals surface area contributed by atoms with Gasteiger partial charge in [0.25, 0.3) is 0 Å². The summed E-state index contributed by atoms with van der Waals surface area (Å²) in [6.07, 6.45) is -6.09. The van der Waals surface area contributed by atoms with Crippen LogP contribution in [0.1, 0.15) is 22.8 Å². The second-order valence-corrected chi connectivity index (χ2v) is 5.32. The van der Waals surface area contributed by atoms with E-state index in [4.69, 9.17) is 0 Å². The molecule has 1 atom stereocenters. The summed E-state index contributed by atoms with van der Waals surface area (Å²) in [6, 6.07) is 11.0. The van der Waals surface area contributed by atoms with Crippen molar-refractivity contribution in [1.29, 1.82) is 0 Å². The van der Waals surface area contributed by atoms with Gasteiger partial charge in [-0.15, -0.1) is 0 Å². The number of anilines is 1. The predicted molar refractivity (Wildman–Crippen MR) is 84.4 cm³/mol. The standard InChI is InChI=1S/C16H13BrF3NO2/c17-9-14(22)21-13-8-4-2-6-11(13)15(23)10-5-1-3-7-12(10)16(18,19)20/h1-8,15,23H,9H2,(H,21,22). The number of benzene rings is 2. The molecule has 0 spiro atoms. The van der Waals surface area contributed by atoms with Crippen LogP contribution in [-0.2, 0) is 11.0 Å². The van der Waals surface area contributed by atoms with Crippen molar-refractivity contribution >= 4 is 27.5 Å². The predicted octanol–water partition coefficient (Wildman–Crippen LogP) is 4.12. The molecule has 0 heterocycles. The Bertz CT molecular complexity index is 704. The van der Waals surface area contributed by atoms with Crippen molar-refractivity contribution in [1.82, 2.24) is 0 Å². The van der Waals surface area contributed by atoms with Crippen molar-refractivity contribution in [3.63, 3.8) is 0 Å². The molecule has 0 fully saturated rings. The van der Waals surface area contributed by atoms with E-state index in [1.807, 2.05) is 0 Å². The maximum atomic E-state index is 13.1. The molecule has 122 valence electrons. The van der Waals surface area contributed by atoms with Gasteiger partial charge < -0.3 is 10.4 Å². The van der Waals surface area contributed by atoms with Crippen LogP contribution >= 0.6 is 15.9 Å². The first kappa shape index (κ1) is 17.5. The number of carbonyl (C=O) groups excluding carboxylic acids is 1. The highest BCUT2D eigenvalue weighted by atomic mass is 79.9. The summed E-state index contributed by atoms with van der Waals surface area (Å²) in [5.41, 5.74) is -0.713. The van der Waals surface area contributed by atoms with E-state index < -0.39 is 17.8 Å². The van der Waals surface area contributed by atoms with Gasteiger partial charge in [-0.1, -0.05) is 52.3 Å². The van der Waals surface area contributed by atoms with Crippen molar-refractivity contribution < 1.29 is 23.1 Å². The minimum absolute atomic E-state index is 0.0383. The number of hydrogen-bond acceptors (Lipinski definition) is 2. The van der Waals surface area contributed by atoms with Crippen LogP contribution in [0.2, 0.25) is 0 Å². The highest BCUT2D eigenvalue weighted by molar-refractivity contribution is 9.09. The lowest BCUT2D eigenvalue weighted by atomic mass is 9.95. The molecular formula is C16H13BrF3NO2. The fourth-order valence-electron chi connectivity index (χ4n) is 2.19. The van der Waals surface area contributed by atoms with Gasteiger partial charge in [-0.2, -0.15) is 13.2 Å². The van der Waals surface area contributed by atoms with Crippen LogP contribution in [0.25, 0.3) is 0 Å². The van der Waals surface area contributed by atoms with Crippen LogP contribution in [0.4, 0.5) is 18.9 Å². The lowest BCUT2D eigenvalue weighted by Crippen LogP contribution is -2.17. The zero-order valence-corrected chi connectivity index (χ0v) is 13.4. The van der Waals surface area contributed by atoms with Gasteiger partial charge >= 0.3 is 6.18 Å². The van der Waals surface area contributed by atoms with Crippen LogP contribution in [0.15, 0.2) is 48.5 Å². The molecule has 2 rings (SSSR count). The van der Waals surface area contributed by atoms with Crippen molar-refractivity contribution in [2.45, 2.75) is 12.3 Å². The Labute approximate surface area is 139 Å². The lowest BCUT2D eigenvalue weighted by Gasteiger charge is -2.20. The molecule has 3 nitrogen and oxygen atoms in total. The maximum Gasteiger partial charge on any atom is 0.416 e. The number of hydrogen-bond donors (Lipinski definition) is 2. The monoisotopic (exact) mass is 387 g/mol. The quantitative estimate of drug-likeness (QED) is 0.775. The number of amides is 1. The third kappa shape index (κ3) is 4.11. The van der Waals surface area contributed by atoms with Crippen molar-refractivity contribution in [2.24, 2.45) is 0 Å². The molecular weight excluding hydrogens is 375 g/mol. The molecule has 2 aromatic rings. The molecule has 0 aromatic heterocycles. The fourth-order valence-corrected chi connectivity index (χ4v) is 2.33. The fraction of sp³-hybridized carbons (Fsp3) is 0.188. The minimum Gasteiger partial charge on any atom is -0.384 e. The van der Waals surface area contributed by atoms with Gasteiger partial charge in [0.05, 0.1) is 10.9 Å². The number of alkyl halides is 4. The molecule has 0 saturated heterocycles. The zero-order valence-electron chi connectivity index (χ0n) is 11.8. The second-order valence-electron chi connectivity index (χ2n) is 4.76. The molecule has 7 heteroatoms. The van der Waals surface area contributed by atoms with E-state index in [1.165, 1.54) is 30.3 Å². The average Bonchev–Trinajstić information content (AvgIpc) is 2.54. The number of nitrogens with one attached hydrogen (secondary N) is 1. The average molecular weight is 388 g/mol. The summed E-state index contributed by atoms with van der Waals surface area (Å²) in [7, 11) is 0. The molecule has 1 unspecified atom stereocenters. The number of carbonyl (C=O) groups is 1. The molecule has 2 aromatic carbocycles.